The van der Waals surface area contributed by atoms with Crippen LogP contribution in [0, 0.1) is 0 Å². The van der Waals surface area contributed by atoms with Gasteiger partial charge in [-0.1, -0.05) is 12.1 Å². The predicted octanol–water partition coefficient (Wildman–Crippen LogP) is 3.26. The van der Waals surface area contributed by atoms with Gasteiger partial charge in [-0.25, -0.2) is 19.9 Å². The van der Waals surface area contributed by atoms with Crippen molar-refractivity contribution in [3.8, 4) is 5.75 Å². The number of nitrogens with two attached hydrogens (primary N) is 2. The van der Waals surface area contributed by atoms with Crippen LogP contribution in [0.25, 0.3) is 10.8 Å². The van der Waals surface area contributed by atoms with Gasteiger partial charge in [0.05, 0.1) is 12.8 Å². The summed E-state index contributed by atoms with van der Waals surface area (Å²) in [5, 5.41) is 6.08. The molecular weight excluding hydrogens is 428 g/mol. The number of nitrogens with zero attached hydrogens (tertiary/aromatic N) is 5. The molecule has 34 heavy (non-hydrogen) atoms. The highest BCUT2D eigenvalue weighted by atomic mass is 16.5. The first-order chi connectivity index (χ1) is 16.6. The lowest BCUT2D eigenvalue weighted by Crippen LogP contribution is -2.39. The van der Waals surface area contributed by atoms with Gasteiger partial charge in [-0.15, -0.1) is 0 Å². The molecule has 5 rings (SSSR count). The maximum absolute atomic E-state index is 5.83. The van der Waals surface area contributed by atoms with Gasteiger partial charge in [0.1, 0.15) is 23.7 Å². The Morgan fingerprint density at radius 2 is 1.88 bits per heavy atom. The predicted molar refractivity (Wildman–Crippen MR) is 135 cm³/mol. The van der Waals surface area contributed by atoms with Crippen molar-refractivity contribution in [1.82, 2.24) is 19.9 Å². The molecule has 5 N–H and O–H groups in total. The number of anilines is 4. The molecule has 2 aromatic carbocycles. The number of piperidine rings is 1. The first-order valence-electron chi connectivity index (χ1n) is 11.3. The first kappa shape index (κ1) is 21.7. The SMILES string of the molecule is COc1ccc2cc(Cc3ccnc(N)n3)cc(NC3CCN(c4cc(N)ncn4)CC3)c2c1. The molecule has 0 bridgehead atoms. The fourth-order valence-electron chi connectivity index (χ4n) is 4.48. The molecule has 0 radical (unpaired) electrons. The number of nitrogens with one attached hydrogen (secondary N) is 1. The molecule has 0 aliphatic carbocycles. The van der Waals surface area contributed by atoms with Gasteiger partial charge in [0.15, 0.2) is 0 Å². The van der Waals surface area contributed by atoms with E-state index in [1.54, 1.807) is 13.3 Å². The maximum atomic E-state index is 5.83. The largest absolute Gasteiger partial charge is 0.497 e. The van der Waals surface area contributed by atoms with Crippen LogP contribution in [-0.2, 0) is 6.42 Å². The number of hydrogen-bond acceptors (Lipinski definition) is 9. The van der Waals surface area contributed by atoms with Gasteiger partial charge in [0.25, 0.3) is 0 Å². The number of fused-ring (bicyclic) bond motifs is 1. The topological polar surface area (TPSA) is 128 Å². The minimum Gasteiger partial charge on any atom is -0.497 e. The molecule has 0 spiro atoms. The van der Waals surface area contributed by atoms with E-state index >= 15 is 0 Å². The average molecular weight is 457 g/mol. The van der Waals surface area contributed by atoms with Crippen molar-refractivity contribution in [1.29, 1.82) is 0 Å². The molecule has 1 aliphatic rings. The number of benzene rings is 2. The van der Waals surface area contributed by atoms with Crippen LogP contribution in [0.5, 0.6) is 5.75 Å². The molecule has 1 saturated heterocycles. The van der Waals surface area contributed by atoms with Gasteiger partial charge in [0, 0.05) is 48.9 Å². The van der Waals surface area contributed by atoms with Crippen molar-refractivity contribution in [2.45, 2.75) is 25.3 Å². The third-order valence-electron chi connectivity index (χ3n) is 6.19. The van der Waals surface area contributed by atoms with Gasteiger partial charge in [0.2, 0.25) is 5.95 Å². The van der Waals surface area contributed by atoms with Crippen LogP contribution in [0.15, 0.2) is 55.0 Å². The molecule has 9 nitrogen and oxygen atoms in total. The molecule has 0 amide bonds. The lowest BCUT2D eigenvalue weighted by atomic mass is 9.99. The van der Waals surface area contributed by atoms with Crippen LogP contribution in [0.3, 0.4) is 0 Å². The van der Waals surface area contributed by atoms with E-state index in [0.29, 0.717) is 24.2 Å². The molecule has 1 fully saturated rings. The summed E-state index contributed by atoms with van der Waals surface area (Å²) >= 11 is 0. The maximum Gasteiger partial charge on any atom is 0.220 e. The molecule has 2 aromatic heterocycles. The van der Waals surface area contributed by atoms with Crippen molar-refractivity contribution < 1.29 is 4.74 Å². The van der Waals surface area contributed by atoms with Crippen molar-refractivity contribution in [2.24, 2.45) is 0 Å². The molecule has 0 saturated carbocycles. The summed E-state index contributed by atoms with van der Waals surface area (Å²) in [6.45, 7) is 1.80. The monoisotopic (exact) mass is 456 g/mol. The molecule has 174 valence electrons. The molecule has 9 heteroatoms. The highest BCUT2D eigenvalue weighted by Gasteiger charge is 2.21. The number of nitrogen functional groups attached to an aromatic ring is 2. The van der Waals surface area contributed by atoms with E-state index in [1.165, 1.54) is 6.33 Å². The number of aromatic nitrogens is 4. The fourth-order valence-corrected chi connectivity index (χ4v) is 4.48. The summed E-state index contributed by atoms with van der Waals surface area (Å²) in [7, 11) is 1.69. The van der Waals surface area contributed by atoms with Gasteiger partial charge in [-0.3, -0.25) is 0 Å². The zero-order chi connectivity index (χ0) is 23.5. The number of hydrogen-bond donors (Lipinski definition) is 3. The van der Waals surface area contributed by atoms with Crippen molar-refractivity contribution >= 4 is 34.0 Å². The molecule has 4 aromatic rings. The summed E-state index contributed by atoms with van der Waals surface area (Å²) < 4.78 is 5.49. The molecule has 0 unspecified atom stereocenters. The third kappa shape index (κ3) is 4.78. The average Bonchev–Trinajstić information content (AvgIpc) is 2.84. The Balaban J connectivity index is 1.38. The summed E-state index contributed by atoms with van der Waals surface area (Å²) in [6.07, 6.45) is 5.87. The van der Waals surface area contributed by atoms with Crippen molar-refractivity contribution in [3.05, 3.63) is 66.2 Å². The first-order valence-corrected chi connectivity index (χ1v) is 11.3. The molecule has 1 aliphatic heterocycles. The molecule has 0 atom stereocenters. The fraction of sp³-hybridized carbons (Fsp3) is 0.280. The van der Waals surface area contributed by atoms with E-state index < -0.39 is 0 Å². The van der Waals surface area contributed by atoms with Crippen LogP contribution in [0.1, 0.15) is 24.1 Å². The van der Waals surface area contributed by atoms with E-state index in [4.69, 9.17) is 16.2 Å². The van der Waals surface area contributed by atoms with Crippen LogP contribution in [0.4, 0.5) is 23.3 Å². The Morgan fingerprint density at radius 3 is 2.65 bits per heavy atom. The number of ether oxygens (including phenoxy) is 1. The Labute approximate surface area is 198 Å². The zero-order valence-corrected chi connectivity index (χ0v) is 19.1. The van der Waals surface area contributed by atoms with Gasteiger partial charge in [-0.05, 0) is 48.1 Å². The van der Waals surface area contributed by atoms with Crippen LogP contribution in [0.2, 0.25) is 0 Å². The van der Waals surface area contributed by atoms with Gasteiger partial charge < -0.3 is 26.4 Å². The van der Waals surface area contributed by atoms with Crippen LogP contribution >= 0.6 is 0 Å². The summed E-state index contributed by atoms with van der Waals surface area (Å²) in [5.74, 6) is 2.50. The van der Waals surface area contributed by atoms with Crippen molar-refractivity contribution in [2.75, 3.05) is 41.9 Å². The highest BCUT2D eigenvalue weighted by molar-refractivity contribution is 5.95. The highest BCUT2D eigenvalue weighted by Crippen LogP contribution is 2.32. The van der Waals surface area contributed by atoms with Crippen LogP contribution in [-0.4, -0.2) is 46.2 Å². The zero-order valence-electron chi connectivity index (χ0n) is 19.1. The Hall–Kier alpha value is -4.14. The summed E-state index contributed by atoms with van der Waals surface area (Å²) in [6, 6.07) is 14.6. The van der Waals surface area contributed by atoms with E-state index in [1.807, 2.05) is 18.2 Å². The Morgan fingerprint density at radius 1 is 1.03 bits per heavy atom. The smallest absolute Gasteiger partial charge is 0.220 e. The minimum absolute atomic E-state index is 0.290. The van der Waals surface area contributed by atoms with Crippen LogP contribution < -0.4 is 26.4 Å². The summed E-state index contributed by atoms with van der Waals surface area (Å²) in [5.41, 5.74) is 14.8. The van der Waals surface area contributed by atoms with Gasteiger partial charge >= 0.3 is 0 Å². The molecular formula is C25H28N8O. The van der Waals surface area contributed by atoms with E-state index in [9.17, 15) is 0 Å². The van der Waals surface area contributed by atoms with Gasteiger partial charge in [-0.2, -0.15) is 0 Å². The van der Waals surface area contributed by atoms with Crippen molar-refractivity contribution in [3.63, 3.8) is 0 Å². The number of rotatable bonds is 6. The van der Waals surface area contributed by atoms with E-state index in [2.05, 4.69) is 54.4 Å². The second-order valence-corrected chi connectivity index (χ2v) is 8.52. The third-order valence-corrected chi connectivity index (χ3v) is 6.19. The summed E-state index contributed by atoms with van der Waals surface area (Å²) in [4.78, 5) is 19.0. The second-order valence-electron chi connectivity index (χ2n) is 8.52. The lowest BCUT2D eigenvalue weighted by Gasteiger charge is -2.34. The molecule has 3 heterocycles. The lowest BCUT2D eigenvalue weighted by molar-refractivity contribution is 0.415. The van der Waals surface area contributed by atoms with E-state index in [0.717, 1.165) is 65.2 Å². The normalized spacial score (nSPS) is 14.3. The second kappa shape index (κ2) is 9.38. The standard InChI is InChI=1S/C25H28N8O/c1-34-20-3-2-17-10-16(11-19-4-7-28-25(27)32-19)12-22(21(17)13-20)31-18-5-8-33(9-6-18)24-14-23(26)29-15-30-24/h2-4,7,10,12-15,18,31H,5-6,8-9,11H2,1H3,(H2,26,29,30)(H2,27,28,32). The number of methoxy groups -OCH3 is 1. The van der Waals surface area contributed by atoms with E-state index in [-0.39, 0.29) is 0 Å². The Kier molecular flexibility index (Phi) is 5.99. The quantitative estimate of drug-likeness (QED) is 0.400. The Bertz CT molecular complexity index is 1300. The minimum atomic E-state index is 0.290.